The summed E-state index contributed by atoms with van der Waals surface area (Å²) in [7, 11) is 0. The lowest BCUT2D eigenvalue weighted by atomic mass is 10.00. The van der Waals surface area contributed by atoms with Crippen molar-refractivity contribution in [2.45, 2.75) is 18.9 Å². The number of H-pyrrole nitrogens is 1. The molecule has 2 aromatic rings. The van der Waals surface area contributed by atoms with Crippen LogP contribution in [0.25, 0.3) is 10.9 Å². The Hall–Kier alpha value is -2.14. The van der Waals surface area contributed by atoms with Crippen LogP contribution >= 0.6 is 0 Å². The molecule has 0 aliphatic carbocycles. The van der Waals surface area contributed by atoms with Gasteiger partial charge < -0.3 is 15.6 Å². The number of hydrogen-bond donors (Lipinski definition) is 3. The molecule has 1 atom stereocenters. The number of benzene rings is 1. The Morgan fingerprint density at radius 2 is 2.15 bits per heavy atom. The zero-order valence-corrected chi connectivity index (χ0v) is 11.3. The van der Waals surface area contributed by atoms with Gasteiger partial charge in [-0.1, -0.05) is 18.2 Å². The number of para-hydroxylation sites is 1. The van der Waals surface area contributed by atoms with Crippen LogP contribution in [0.1, 0.15) is 23.7 Å². The molecule has 1 aromatic heterocycles. The zero-order chi connectivity index (χ0) is 14.2. The molecule has 0 spiro atoms. The molecule has 1 fully saturated rings. The number of pyridine rings is 1. The van der Waals surface area contributed by atoms with Crippen LogP contribution in [-0.2, 0) is 0 Å². The Kier molecular flexibility index (Phi) is 3.06. The van der Waals surface area contributed by atoms with E-state index in [4.69, 9.17) is 0 Å². The minimum Gasteiger partial charge on any atom is -0.346 e. The summed E-state index contributed by atoms with van der Waals surface area (Å²) < 4.78 is 0. The highest BCUT2D eigenvalue weighted by Crippen LogP contribution is 2.18. The van der Waals surface area contributed by atoms with Crippen molar-refractivity contribution in [1.29, 1.82) is 0 Å². The second-order valence-corrected chi connectivity index (χ2v) is 5.53. The predicted octanol–water partition coefficient (Wildman–Crippen LogP) is 1.01. The van der Waals surface area contributed by atoms with Gasteiger partial charge in [0.2, 0.25) is 5.56 Å². The third-order valence-electron chi connectivity index (χ3n) is 3.78. The number of aromatic nitrogens is 1. The van der Waals surface area contributed by atoms with Crippen LogP contribution in [0.2, 0.25) is 0 Å². The highest BCUT2D eigenvalue weighted by atomic mass is 16.2. The molecule has 0 radical (unpaired) electrons. The third-order valence-corrected chi connectivity index (χ3v) is 3.78. The molecule has 0 saturated carbocycles. The van der Waals surface area contributed by atoms with Crippen molar-refractivity contribution in [1.82, 2.24) is 15.6 Å². The summed E-state index contributed by atoms with van der Waals surface area (Å²) in [5.74, 6) is -0.196. The molecule has 3 rings (SSSR count). The van der Waals surface area contributed by atoms with E-state index < -0.39 is 0 Å². The van der Waals surface area contributed by atoms with E-state index in [9.17, 15) is 9.59 Å². The molecule has 1 unspecified atom stereocenters. The van der Waals surface area contributed by atoms with Gasteiger partial charge in [-0.05, 0) is 26.0 Å². The minimum absolute atomic E-state index is 0.196. The molecule has 0 bridgehead atoms. The molecular weight excluding hydrogens is 254 g/mol. The van der Waals surface area contributed by atoms with Crippen LogP contribution in [-0.4, -0.2) is 29.5 Å². The lowest BCUT2D eigenvalue weighted by molar-refractivity contribution is 0.0914. The standard InChI is InChI=1S/C15H17N3O2/c1-15(6-7-16-9-15)18-14(20)11-8-13(19)17-12-5-3-2-4-10(11)12/h2-5,8,16H,6-7,9H2,1H3,(H,17,19)(H,18,20). The Balaban J connectivity index is 2.01. The Morgan fingerprint density at radius 1 is 1.35 bits per heavy atom. The first-order chi connectivity index (χ1) is 9.57. The fourth-order valence-electron chi connectivity index (χ4n) is 2.66. The molecule has 2 heterocycles. The van der Waals surface area contributed by atoms with Gasteiger partial charge in [0, 0.05) is 23.5 Å². The van der Waals surface area contributed by atoms with Crippen LogP contribution in [0.5, 0.6) is 0 Å². The first-order valence-electron chi connectivity index (χ1n) is 6.73. The van der Waals surface area contributed by atoms with Crippen LogP contribution in [0.3, 0.4) is 0 Å². The zero-order valence-electron chi connectivity index (χ0n) is 11.3. The predicted molar refractivity (Wildman–Crippen MR) is 77.9 cm³/mol. The van der Waals surface area contributed by atoms with E-state index in [-0.39, 0.29) is 17.0 Å². The van der Waals surface area contributed by atoms with E-state index in [0.29, 0.717) is 11.1 Å². The Morgan fingerprint density at radius 3 is 2.90 bits per heavy atom. The summed E-state index contributed by atoms with van der Waals surface area (Å²) in [5.41, 5.74) is 0.599. The lowest BCUT2D eigenvalue weighted by Gasteiger charge is -2.24. The second-order valence-electron chi connectivity index (χ2n) is 5.53. The molecule has 1 aromatic carbocycles. The van der Waals surface area contributed by atoms with Gasteiger partial charge in [0.05, 0.1) is 11.1 Å². The van der Waals surface area contributed by atoms with Crippen molar-refractivity contribution < 1.29 is 4.79 Å². The van der Waals surface area contributed by atoms with E-state index in [1.807, 2.05) is 25.1 Å². The smallest absolute Gasteiger partial charge is 0.252 e. The van der Waals surface area contributed by atoms with Crippen molar-refractivity contribution in [3.8, 4) is 0 Å². The fourth-order valence-corrected chi connectivity index (χ4v) is 2.66. The largest absolute Gasteiger partial charge is 0.346 e. The minimum atomic E-state index is -0.261. The quantitative estimate of drug-likeness (QED) is 0.763. The van der Waals surface area contributed by atoms with Gasteiger partial charge in [0.25, 0.3) is 5.91 Å². The lowest BCUT2D eigenvalue weighted by Crippen LogP contribution is -2.47. The van der Waals surface area contributed by atoms with E-state index in [1.165, 1.54) is 6.07 Å². The second kappa shape index (κ2) is 4.76. The number of nitrogens with one attached hydrogen (secondary N) is 3. The average Bonchev–Trinajstić information content (AvgIpc) is 2.84. The maximum absolute atomic E-state index is 12.5. The summed E-state index contributed by atoms with van der Waals surface area (Å²) in [5, 5.41) is 7.04. The number of rotatable bonds is 2. The molecular formula is C15H17N3O2. The third kappa shape index (κ3) is 2.32. The van der Waals surface area contributed by atoms with E-state index in [0.717, 1.165) is 24.9 Å². The van der Waals surface area contributed by atoms with Gasteiger partial charge in [0.15, 0.2) is 0 Å². The first kappa shape index (κ1) is 12.9. The molecule has 1 aliphatic heterocycles. The van der Waals surface area contributed by atoms with Crippen LogP contribution in [0.15, 0.2) is 35.1 Å². The van der Waals surface area contributed by atoms with Crippen LogP contribution in [0.4, 0.5) is 0 Å². The molecule has 104 valence electrons. The summed E-state index contributed by atoms with van der Waals surface area (Å²) in [4.78, 5) is 26.9. The molecule has 5 heteroatoms. The van der Waals surface area contributed by atoms with Gasteiger partial charge in [-0.3, -0.25) is 9.59 Å². The van der Waals surface area contributed by atoms with Crippen molar-refractivity contribution in [2.75, 3.05) is 13.1 Å². The van der Waals surface area contributed by atoms with Crippen molar-refractivity contribution in [2.24, 2.45) is 0 Å². The van der Waals surface area contributed by atoms with Crippen molar-refractivity contribution in [3.05, 3.63) is 46.2 Å². The van der Waals surface area contributed by atoms with Gasteiger partial charge in [-0.25, -0.2) is 0 Å². The van der Waals surface area contributed by atoms with Gasteiger partial charge >= 0.3 is 0 Å². The molecule has 3 N–H and O–H groups in total. The van der Waals surface area contributed by atoms with Crippen LogP contribution < -0.4 is 16.2 Å². The summed E-state index contributed by atoms with van der Waals surface area (Å²) in [6.07, 6.45) is 0.889. The number of carbonyl (C=O) groups is 1. The van der Waals surface area contributed by atoms with Gasteiger partial charge in [-0.2, -0.15) is 0 Å². The van der Waals surface area contributed by atoms with Gasteiger partial charge in [-0.15, -0.1) is 0 Å². The van der Waals surface area contributed by atoms with Crippen molar-refractivity contribution in [3.63, 3.8) is 0 Å². The molecule has 1 amide bonds. The highest BCUT2D eigenvalue weighted by Gasteiger charge is 2.30. The highest BCUT2D eigenvalue weighted by molar-refractivity contribution is 6.06. The van der Waals surface area contributed by atoms with Gasteiger partial charge in [0.1, 0.15) is 0 Å². The SMILES string of the molecule is CC1(NC(=O)c2cc(=O)[nH]c3ccccc23)CCNC1. The Labute approximate surface area is 116 Å². The van der Waals surface area contributed by atoms with E-state index in [2.05, 4.69) is 15.6 Å². The summed E-state index contributed by atoms with van der Waals surface area (Å²) >= 11 is 0. The first-order valence-corrected chi connectivity index (χ1v) is 6.73. The summed E-state index contributed by atoms with van der Waals surface area (Å²) in [6, 6.07) is 8.70. The topological polar surface area (TPSA) is 74.0 Å². The monoisotopic (exact) mass is 271 g/mol. The van der Waals surface area contributed by atoms with E-state index >= 15 is 0 Å². The number of carbonyl (C=O) groups excluding carboxylic acids is 1. The molecule has 1 aliphatic rings. The maximum atomic E-state index is 12.5. The van der Waals surface area contributed by atoms with E-state index in [1.54, 1.807) is 6.07 Å². The molecule has 20 heavy (non-hydrogen) atoms. The number of amides is 1. The fraction of sp³-hybridized carbons (Fsp3) is 0.333. The average molecular weight is 271 g/mol. The Bertz CT molecular complexity index is 714. The maximum Gasteiger partial charge on any atom is 0.252 e. The summed E-state index contributed by atoms with van der Waals surface area (Å²) in [6.45, 7) is 3.66. The molecule has 5 nitrogen and oxygen atoms in total. The number of aromatic amines is 1. The molecule has 1 saturated heterocycles. The van der Waals surface area contributed by atoms with Crippen LogP contribution in [0, 0.1) is 0 Å². The number of fused-ring (bicyclic) bond motifs is 1. The normalized spacial score (nSPS) is 22.1. The van der Waals surface area contributed by atoms with Crippen molar-refractivity contribution >= 4 is 16.8 Å². The number of hydrogen-bond acceptors (Lipinski definition) is 3.